The molecule has 0 fully saturated rings. The second-order valence-corrected chi connectivity index (χ2v) is 2.11. The predicted molar refractivity (Wildman–Crippen MR) is 50.7 cm³/mol. The van der Waals surface area contributed by atoms with Gasteiger partial charge in [-0.1, -0.05) is 24.8 Å². The first-order chi connectivity index (χ1) is 5.70. The Labute approximate surface area is 72.9 Å². The smallest absolute Gasteiger partial charge is 0.318 e. The number of carbonyl (C=O) groups excluding carboxylic acids is 1. The number of rotatable bonds is 3. The Morgan fingerprint density at radius 2 is 2.08 bits per heavy atom. The van der Waals surface area contributed by atoms with E-state index in [0.29, 0.717) is 5.70 Å². The largest absolute Gasteiger partial charge is 0.341 e. The highest BCUT2D eigenvalue weighted by Gasteiger charge is 1.93. The molecular formula is C9H14N2O. The van der Waals surface area contributed by atoms with E-state index in [0.717, 1.165) is 0 Å². The van der Waals surface area contributed by atoms with Crippen LogP contribution in [0.15, 0.2) is 36.6 Å². The van der Waals surface area contributed by atoms with Gasteiger partial charge in [0.1, 0.15) is 0 Å². The van der Waals surface area contributed by atoms with Gasteiger partial charge in [0.15, 0.2) is 0 Å². The van der Waals surface area contributed by atoms with Crippen LogP contribution in [0.1, 0.15) is 6.92 Å². The van der Waals surface area contributed by atoms with Crippen LogP contribution in [0, 0.1) is 0 Å². The highest BCUT2D eigenvalue weighted by molar-refractivity contribution is 5.75. The minimum absolute atomic E-state index is 0.259. The Bertz CT molecular complexity index is 217. The van der Waals surface area contributed by atoms with E-state index in [4.69, 9.17) is 0 Å². The van der Waals surface area contributed by atoms with Gasteiger partial charge < -0.3 is 10.6 Å². The number of carbonyl (C=O) groups is 1. The lowest BCUT2D eigenvalue weighted by Crippen LogP contribution is -2.31. The molecule has 3 heteroatoms. The third kappa shape index (κ3) is 5.29. The molecule has 0 bridgehead atoms. The van der Waals surface area contributed by atoms with Crippen molar-refractivity contribution in [3.8, 4) is 0 Å². The van der Waals surface area contributed by atoms with Crippen LogP contribution in [-0.4, -0.2) is 13.1 Å². The lowest BCUT2D eigenvalue weighted by molar-refractivity contribution is 0.245. The summed E-state index contributed by atoms with van der Waals surface area (Å²) in [5.41, 5.74) is 0.562. The first-order valence-electron chi connectivity index (χ1n) is 3.67. The molecule has 0 rings (SSSR count). The SMILES string of the molecule is C=C(/C=C\C=C/C)NC(=O)NC. The summed E-state index contributed by atoms with van der Waals surface area (Å²) in [4.78, 5) is 10.7. The van der Waals surface area contributed by atoms with Gasteiger partial charge in [-0.25, -0.2) is 4.79 Å². The molecule has 0 saturated heterocycles. The molecule has 0 atom stereocenters. The van der Waals surface area contributed by atoms with Gasteiger partial charge in [-0.15, -0.1) is 0 Å². The van der Waals surface area contributed by atoms with E-state index in [1.165, 1.54) is 0 Å². The van der Waals surface area contributed by atoms with Crippen LogP contribution in [0.4, 0.5) is 4.79 Å². The van der Waals surface area contributed by atoms with Crippen LogP contribution in [0.3, 0.4) is 0 Å². The first-order valence-corrected chi connectivity index (χ1v) is 3.67. The number of urea groups is 1. The van der Waals surface area contributed by atoms with Crippen LogP contribution in [-0.2, 0) is 0 Å². The van der Waals surface area contributed by atoms with Crippen molar-refractivity contribution in [3.05, 3.63) is 36.6 Å². The molecule has 0 aromatic carbocycles. The maximum atomic E-state index is 10.7. The molecule has 0 spiro atoms. The lowest BCUT2D eigenvalue weighted by atomic mass is 10.4. The molecule has 0 saturated carbocycles. The Hall–Kier alpha value is -1.51. The molecule has 0 unspecified atom stereocenters. The predicted octanol–water partition coefficient (Wildman–Crippen LogP) is 1.56. The molecule has 2 N–H and O–H groups in total. The monoisotopic (exact) mass is 166 g/mol. The molecule has 0 radical (unpaired) electrons. The maximum absolute atomic E-state index is 10.7. The van der Waals surface area contributed by atoms with E-state index in [9.17, 15) is 4.79 Å². The van der Waals surface area contributed by atoms with Gasteiger partial charge in [0.2, 0.25) is 0 Å². The molecule has 0 aliphatic carbocycles. The molecule has 0 aromatic rings. The van der Waals surface area contributed by atoms with E-state index in [-0.39, 0.29) is 6.03 Å². The van der Waals surface area contributed by atoms with Crippen molar-refractivity contribution in [2.75, 3.05) is 7.05 Å². The zero-order valence-corrected chi connectivity index (χ0v) is 7.42. The van der Waals surface area contributed by atoms with Crippen LogP contribution in [0.25, 0.3) is 0 Å². The quantitative estimate of drug-likeness (QED) is 0.614. The fourth-order valence-electron chi connectivity index (χ4n) is 0.533. The molecule has 66 valence electrons. The van der Waals surface area contributed by atoms with Gasteiger partial charge in [0.25, 0.3) is 0 Å². The van der Waals surface area contributed by atoms with Gasteiger partial charge in [-0.05, 0) is 13.0 Å². The molecule has 0 heterocycles. The third-order valence-corrected chi connectivity index (χ3v) is 1.10. The fourth-order valence-corrected chi connectivity index (χ4v) is 0.533. The first kappa shape index (κ1) is 10.5. The summed E-state index contributed by atoms with van der Waals surface area (Å²) in [6, 6.07) is -0.259. The van der Waals surface area contributed by atoms with Crippen LogP contribution < -0.4 is 10.6 Å². The van der Waals surface area contributed by atoms with Gasteiger partial charge in [0, 0.05) is 12.7 Å². The van der Waals surface area contributed by atoms with Crippen molar-refractivity contribution in [1.29, 1.82) is 0 Å². The number of allylic oxidation sites excluding steroid dienone is 4. The third-order valence-electron chi connectivity index (χ3n) is 1.10. The average molecular weight is 166 g/mol. The minimum atomic E-state index is -0.259. The number of nitrogens with one attached hydrogen (secondary N) is 2. The maximum Gasteiger partial charge on any atom is 0.318 e. The summed E-state index contributed by atoms with van der Waals surface area (Å²) in [5.74, 6) is 0. The minimum Gasteiger partial charge on any atom is -0.341 e. The highest BCUT2D eigenvalue weighted by atomic mass is 16.2. The van der Waals surface area contributed by atoms with E-state index in [1.54, 1.807) is 19.2 Å². The van der Waals surface area contributed by atoms with Crippen LogP contribution >= 0.6 is 0 Å². The molecule has 0 aliphatic rings. The van der Waals surface area contributed by atoms with E-state index < -0.39 is 0 Å². The molecular weight excluding hydrogens is 152 g/mol. The number of hydrogen-bond acceptors (Lipinski definition) is 1. The van der Waals surface area contributed by atoms with Crippen molar-refractivity contribution < 1.29 is 4.79 Å². The lowest BCUT2D eigenvalue weighted by Gasteiger charge is -2.01. The Kier molecular flexibility index (Phi) is 5.43. The van der Waals surface area contributed by atoms with Gasteiger partial charge in [-0.2, -0.15) is 0 Å². The zero-order chi connectivity index (χ0) is 9.40. The van der Waals surface area contributed by atoms with E-state index in [1.807, 2.05) is 19.1 Å². The fraction of sp³-hybridized carbons (Fsp3) is 0.222. The highest BCUT2D eigenvalue weighted by Crippen LogP contribution is 1.87. The van der Waals surface area contributed by atoms with Crippen molar-refractivity contribution in [2.45, 2.75) is 6.92 Å². The topological polar surface area (TPSA) is 41.1 Å². The van der Waals surface area contributed by atoms with Gasteiger partial charge >= 0.3 is 6.03 Å². The summed E-state index contributed by atoms with van der Waals surface area (Å²) in [5, 5.41) is 4.95. The zero-order valence-electron chi connectivity index (χ0n) is 7.42. The van der Waals surface area contributed by atoms with E-state index >= 15 is 0 Å². The number of amides is 2. The van der Waals surface area contributed by atoms with Gasteiger partial charge in [0.05, 0.1) is 0 Å². The molecule has 12 heavy (non-hydrogen) atoms. The Morgan fingerprint density at radius 1 is 1.42 bits per heavy atom. The summed E-state index contributed by atoms with van der Waals surface area (Å²) < 4.78 is 0. The Morgan fingerprint density at radius 3 is 2.58 bits per heavy atom. The normalized spacial score (nSPS) is 10.5. The molecule has 2 amide bonds. The molecule has 0 aromatic heterocycles. The second kappa shape index (κ2) is 6.22. The average Bonchev–Trinajstić information content (AvgIpc) is 2.05. The van der Waals surface area contributed by atoms with Crippen LogP contribution in [0.5, 0.6) is 0 Å². The summed E-state index contributed by atoms with van der Waals surface area (Å²) in [7, 11) is 1.55. The summed E-state index contributed by atoms with van der Waals surface area (Å²) in [6.45, 7) is 5.54. The van der Waals surface area contributed by atoms with Crippen molar-refractivity contribution >= 4 is 6.03 Å². The van der Waals surface area contributed by atoms with Crippen molar-refractivity contribution in [1.82, 2.24) is 10.6 Å². The summed E-state index contributed by atoms with van der Waals surface area (Å²) in [6.07, 6.45) is 7.27. The van der Waals surface area contributed by atoms with Crippen molar-refractivity contribution in [3.63, 3.8) is 0 Å². The second-order valence-electron chi connectivity index (χ2n) is 2.11. The molecule has 0 aliphatic heterocycles. The Balaban J connectivity index is 3.81. The summed E-state index contributed by atoms with van der Waals surface area (Å²) >= 11 is 0. The van der Waals surface area contributed by atoms with Crippen LogP contribution in [0.2, 0.25) is 0 Å². The van der Waals surface area contributed by atoms with E-state index in [2.05, 4.69) is 17.2 Å². The standard InChI is InChI=1S/C9H14N2O/c1-4-5-6-7-8(2)11-9(12)10-3/h4-7H,2H2,1,3H3,(H2,10,11,12)/b5-4-,7-6-. The van der Waals surface area contributed by atoms with Crippen molar-refractivity contribution in [2.24, 2.45) is 0 Å². The number of hydrogen-bond donors (Lipinski definition) is 2. The molecule has 3 nitrogen and oxygen atoms in total. The van der Waals surface area contributed by atoms with Gasteiger partial charge in [-0.3, -0.25) is 0 Å².